The number of carbonyl (C=O) groups is 1. The van der Waals surface area contributed by atoms with Crippen LogP contribution in [0.3, 0.4) is 0 Å². The first-order valence-corrected chi connectivity index (χ1v) is 10.9. The maximum atomic E-state index is 13.2. The normalized spacial score (nSPS) is 19.1. The number of nitrogens with zero attached hydrogens (tertiary/aromatic N) is 6. The third-order valence-corrected chi connectivity index (χ3v) is 5.88. The lowest BCUT2D eigenvalue weighted by molar-refractivity contribution is 0.102. The summed E-state index contributed by atoms with van der Waals surface area (Å²) < 4.78 is 3.65. The van der Waals surface area contributed by atoms with E-state index in [2.05, 4.69) is 44.4 Å². The summed E-state index contributed by atoms with van der Waals surface area (Å²) in [4.78, 5) is 24.6. The zero-order valence-corrected chi connectivity index (χ0v) is 19.0. The minimum atomic E-state index is -0.229. The Kier molecular flexibility index (Phi) is 4.85. The molecule has 0 bridgehead atoms. The highest BCUT2D eigenvalue weighted by Gasteiger charge is 2.25. The SMILES string of the molecule is Cc1cn2cc(NC(=O)c3ccc(N4C[C@@H](C)N[C@@H](C)C4)c4cn(C)nc34)nc2c(C)n1. The van der Waals surface area contributed by atoms with E-state index in [0.717, 1.165) is 41.2 Å². The largest absolute Gasteiger partial charge is 0.368 e. The van der Waals surface area contributed by atoms with Gasteiger partial charge in [-0.2, -0.15) is 5.10 Å². The fourth-order valence-corrected chi connectivity index (χ4v) is 4.74. The van der Waals surface area contributed by atoms with Crippen LogP contribution >= 0.6 is 0 Å². The lowest BCUT2D eigenvalue weighted by Gasteiger charge is -2.38. The van der Waals surface area contributed by atoms with Crippen LogP contribution in [0.25, 0.3) is 16.6 Å². The van der Waals surface area contributed by atoms with Gasteiger partial charge in [0.05, 0.1) is 23.1 Å². The number of imidazole rings is 1. The Morgan fingerprint density at radius 3 is 2.59 bits per heavy atom. The first-order chi connectivity index (χ1) is 15.3. The number of piperazine rings is 1. The molecule has 9 nitrogen and oxygen atoms in total. The average molecular weight is 433 g/mol. The summed E-state index contributed by atoms with van der Waals surface area (Å²) in [6.07, 6.45) is 5.69. The predicted molar refractivity (Wildman–Crippen MR) is 125 cm³/mol. The number of anilines is 2. The molecule has 1 aromatic carbocycles. The van der Waals surface area contributed by atoms with Gasteiger partial charge in [0, 0.05) is 55.7 Å². The van der Waals surface area contributed by atoms with E-state index >= 15 is 0 Å². The number of aryl methyl sites for hydroxylation is 3. The Morgan fingerprint density at radius 2 is 1.84 bits per heavy atom. The van der Waals surface area contributed by atoms with Gasteiger partial charge in [0.25, 0.3) is 5.91 Å². The number of aromatic nitrogens is 5. The van der Waals surface area contributed by atoms with E-state index in [9.17, 15) is 4.79 Å². The number of benzene rings is 1. The van der Waals surface area contributed by atoms with Crippen molar-refractivity contribution in [3.05, 3.63) is 47.7 Å². The molecule has 0 saturated carbocycles. The summed E-state index contributed by atoms with van der Waals surface area (Å²) >= 11 is 0. The summed E-state index contributed by atoms with van der Waals surface area (Å²) in [5.74, 6) is 0.261. The first kappa shape index (κ1) is 20.4. The third kappa shape index (κ3) is 3.58. The molecule has 1 aliphatic rings. The van der Waals surface area contributed by atoms with Crippen LogP contribution in [0.15, 0.2) is 30.7 Å². The molecule has 1 amide bonds. The standard InChI is InChI=1S/C23H28N8O/c1-13-8-30(9-14(2)24-13)19-7-6-17(21-18(19)11-29(5)28-21)23(32)27-20-12-31-10-15(3)25-16(4)22(31)26-20/h6-7,10-14,24H,8-9H2,1-5H3,(H,27,32)/t13-,14+. The quantitative estimate of drug-likeness (QED) is 0.517. The fraction of sp³-hybridized carbons (Fsp3) is 0.391. The number of hydrogen-bond acceptors (Lipinski definition) is 6. The van der Waals surface area contributed by atoms with Gasteiger partial charge >= 0.3 is 0 Å². The topological polar surface area (TPSA) is 92.4 Å². The van der Waals surface area contributed by atoms with Crippen molar-refractivity contribution in [2.45, 2.75) is 39.8 Å². The average Bonchev–Trinajstić information content (AvgIpc) is 3.28. The maximum absolute atomic E-state index is 13.2. The molecular weight excluding hydrogens is 404 g/mol. The van der Waals surface area contributed by atoms with Crippen molar-refractivity contribution < 1.29 is 4.79 Å². The highest BCUT2D eigenvalue weighted by atomic mass is 16.1. The number of nitrogens with one attached hydrogen (secondary N) is 2. The van der Waals surface area contributed by atoms with E-state index in [-0.39, 0.29) is 5.91 Å². The molecule has 5 rings (SSSR count). The predicted octanol–water partition coefficient (Wildman–Crippen LogP) is 2.67. The highest BCUT2D eigenvalue weighted by Crippen LogP contribution is 2.30. The van der Waals surface area contributed by atoms with E-state index in [4.69, 9.17) is 0 Å². The minimum Gasteiger partial charge on any atom is -0.368 e. The molecule has 0 unspecified atom stereocenters. The van der Waals surface area contributed by atoms with Crippen LogP contribution in [0.4, 0.5) is 11.5 Å². The van der Waals surface area contributed by atoms with E-state index in [0.29, 0.717) is 29.0 Å². The number of rotatable bonds is 3. The van der Waals surface area contributed by atoms with E-state index in [1.807, 2.05) is 56.0 Å². The first-order valence-electron chi connectivity index (χ1n) is 10.9. The minimum absolute atomic E-state index is 0.229. The van der Waals surface area contributed by atoms with Gasteiger partial charge in [0.15, 0.2) is 11.5 Å². The smallest absolute Gasteiger partial charge is 0.259 e. The van der Waals surface area contributed by atoms with Crippen LogP contribution in [0.1, 0.15) is 35.6 Å². The van der Waals surface area contributed by atoms with Gasteiger partial charge in [-0.1, -0.05) is 0 Å². The summed E-state index contributed by atoms with van der Waals surface area (Å²) in [6, 6.07) is 4.68. The van der Waals surface area contributed by atoms with Crippen molar-refractivity contribution >= 4 is 34.0 Å². The Labute approximate surface area is 186 Å². The number of fused-ring (bicyclic) bond motifs is 2. The molecule has 0 spiro atoms. The van der Waals surface area contributed by atoms with Crippen molar-refractivity contribution in [3.8, 4) is 0 Å². The number of carbonyl (C=O) groups excluding carboxylic acids is 1. The van der Waals surface area contributed by atoms with Gasteiger partial charge in [-0.15, -0.1) is 0 Å². The lowest BCUT2D eigenvalue weighted by atomic mass is 10.1. The van der Waals surface area contributed by atoms with Gasteiger partial charge in [0.1, 0.15) is 5.52 Å². The molecule has 0 radical (unpaired) electrons. The summed E-state index contributed by atoms with van der Waals surface area (Å²) in [5, 5.41) is 12.1. The zero-order chi connectivity index (χ0) is 22.6. The van der Waals surface area contributed by atoms with Gasteiger partial charge in [-0.3, -0.25) is 14.5 Å². The maximum Gasteiger partial charge on any atom is 0.259 e. The van der Waals surface area contributed by atoms with Crippen molar-refractivity contribution in [2.24, 2.45) is 7.05 Å². The van der Waals surface area contributed by atoms with Crippen molar-refractivity contribution in [3.63, 3.8) is 0 Å². The lowest BCUT2D eigenvalue weighted by Crippen LogP contribution is -2.54. The second kappa shape index (κ2) is 7.59. The zero-order valence-electron chi connectivity index (χ0n) is 19.0. The van der Waals surface area contributed by atoms with E-state index < -0.39 is 0 Å². The van der Waals surface area contributed by atoms with Crippen LogP contribution in [-0.4, -0.2) is 55.2 Å². The Hall–Kier alpha value is -3.46. The fourth-order valence-electron chi connectivity index (χ4n) is 4.74. The van der Waals surface area contributed by atoms with Crippen LogP contribution < -0.4 is 15.5 Å². The molecule has 3 aromatic heterocycles. The van der Waals surface area contributed by atoms with Crippen LogP contribution in [0, 0.1) is 13.8 Å². The highest BCUT2D eigenvalue weighted by molar-refractivity contribution is 6.13. The van der Waals surface area contributed by atoms with Crippen LogP contribution in [-0.2, 0) is 7.05 Å². The van der Waals surface area contributed by atoms with Crippen LogP contribution in [0.2, 0.25) is 0 Å². The summed E-state index contributed by atoms with van der Waals surface area (Å²) in [6.45, 7) is 10.1. The molecule has 166 valence electrons. The van der Waals surface area contributed by atoms with Gasteiger partial charge in [0.2, 0.25) is 0 Å². The Morgan fingerprint density at radius 1 is 1.09 bits per heavy atom. The molecule has 2 atom stereocenters. The second-order valence-corrected chi connectivity index (χ2v) is 8.85. The Balaban J connectivity index is 1.49. The van der Waals surface area contributed by atoms with Gasteiger partial charge in [-0.25, -0.2) is 4.98 Å². The summed E-state index contributed by atoms with van der Waals surface area (Å²) in [7, 11) is 1.88. The van der Waals surface area contributed by atoms with Gasteiger partial charge < -0.3 is 19.9 Å². The molecule has 9 heteroatoms. The Bertz CT molecular complexity index is 1330. The molecule has 32 heavy (non-hydrogen) atoms. The molecule has 4 heterocycles. The van der Waals surface area contributed by atoms with Crippen LogP contribution in [0.5, 0.6) is 0 Å². The van der Waals surface area contributed by atoms with Gasteiger partial charge in [-0.05, 0) is 39.8 Å². The van der Waals surface area contributed by atoms with E-state index in [1.165, 1.54) is 0 Å². The van der Waals surface area contributed by atoms with Crippen molar-refractivity contribution in [1.82, 2.24) is 29.5 Å². The molecule has 2 N–H and O–H groups in total. The molecular formula is C23H28N8O. The summed E-state index contributed by atoms with van der Waals surface area (Å²) in [5.41, 5.74) is 4.78. The molecule has 1 fully saturated rings. The van der Waals surface area contributed by atoms with Crippen molar-refractivity contribution in [1.29, 1.82) is 0 Å². The molecule has 0 aliphatic carbocycles. The molecule has 1 aliphatic heterocycles. The number of amides is 1. The van der Waals surface area contributed by atoms with E-state index in [1.54, 1.807) is 4.68 Å². The number of hydrogen-bond donors (Lipinski definition) is 2. The second-order valence-electron chi connectivity index (χ2n) is 8.85. The molecule has 4 aromatic rings. The third-order valence-electron chi connectivity index (χ3n) is 5.88. The van der Waals surface area contributed by atoms with Crippen molar-refractivity contribution in [2.75, 3.05) is 23.3 Å². The molecule has 1 saturated heterocycles. The monoisotopic (exact) mass is 432 g/mol.